The van der Waals surface area contributed by atoms with Crippen LogP contribution in [0.25, 0.3) is 0 Å². The van der Waals surface area contributed by atoms with Gasteiger partial charge in [0.05, 0.1) is 31.1 Å². The van der Waals surface area contributed by atoms with Gasteiger partial charge in [-0.25, -0.2) is 18.1 Å². The van der Waals surface area contributed by atoms with Crippen LogP contribution < -0.4 is 19.1 Å². The summed E-state index contributed by atoms with van der Waals surface area (Å²) >= 11 is 14.9. The van der Waals surface area contributed by atoms with Crippen molar-refractivity contribution >= 4 is 44.8 Å². The van der Waals surface area contributed by atoms with Gasteiger partial charge < -0.3 is 19.1 Å². The van der Waals surface area contributed by atoms with E-state index in [4.69, 9.17) is 47.5 Å². The molecule has 276 valence electrons. The van der Waals surface area contributed by atoms with Crippen molar-refractivity contribution in [2.24, 2.45) is 17.8 Å². The summed E-state index contributed by atoms with van der Waals surface area (Å²) in [4.78, 5) is 11.1. The van der Waals surface area contributed by atoms with Crippen molar-refractivity contribution in [3.05, 3.63) is 80.9 Å². The number of rotatable bonds is 10. The lowest BCUT2D eigenvalue weighted by Gasteiger charge is -2.38. The van der Waals surface area contributed by atoms with Crippen LogP contribution in [0.1, 0.15) is 58.4 Å². The molecule has 0 amide bonds. The Hall–Kier alpha value is -4.08. The van der Waals surface area contributed by atoms with Crippen molar-refractivity contribution in [1.29, 1.82) is 0 Å². The van der Waals surface area contributed by atoms with E-state index in [2.05, 4.69) is 41.1 Å². The normalized spacial score (nSPS) is 18.1. The highest BCUT2D eigenvalue weighted by Crippen LogP contribution is 2.45. The third kappa shape index (κ3) is 9.10. The first-order chi connectivity index (χ1) is 24.8. The Balaban J connectivity index is 0.000000217. The van der Waals surface area contributed by atoms with Gasteiger partial charge in [0, 0.05) is 47.8 Å². The van der Waals surface area contributed by atoms with E-state index in [0.29, 0.717) is 40.1 Å². The fourth-order valence-electron chi connectivity index (χ4n) is 6.62. The Morgan fingerprint density at radius 1 is 0.808 bits per heavy atom. The average Bonchev–Trinajstić information content (AvgIpc) is 3.71. The molecule has 1 aliphatic carbocycles. The molecule has 52 heavy (non-hydrogen) atoms. The van der Waals surface area contributed by atoms with E-state index in [1.165, 1.54) is 43.2 Å². The van der Waals surface area contributed by atoms with Crippen LogP contribution in [0.4, 0.5) is 14.5 Å². The quantitative estimate of drug-likeness (QED) is 0.135. The lowest BCUT2D eigenvalue weighted by Crippen LogP contribution is -2.42. The minimum atomic E-state index is -0.466. The molecule has 1 saturated carbocycles. The summed E-state index contributed by atoms with van der Waals surface area (Å²) in [6.07, 6.45) is 4.98. The molecule has 2 fully saturated rings. The Morgan fingerprint density at radius 3 is 1.90 bits per heavy atom. The van der Waals surface area contributed by atoms with Gasteiger partial charge >= 0.3 is 12.0 Å². The highest BCUT2D eigenvalue weighted by molar-refractivity contribution is 9.10. The molecule has 0 spiro atoms. The van der Waals surface area contributed by atoms with Crippen LogP contribution in [-0.4, -0.2) is 59.9 Å². The molecule has 2 bridgehead atoms. The van der Waals surface area contributed by atoms with Gasteiger partial charge in [-0.05, 0) is 98.5 Å². The van der Waals surface area contributed by atoms with Crippen LogP contribution in [0.5, 0.6) is 29.4 Å². The first kappa shape index (κ1) is 37.7. The first-order valence-corrected chi connectivity index (χ1v) is 18.4. The Kier molecular flexibility index (Phi) is 11.8. The maximum absolute atomic E-state index is 13.8. The number of piperidine rings is 1. The summed E-state index contributed by atoms with van der Waals surface area (Å²) in [5.74, 6) is 2.56. The third-order valence-corrected chi connectivity index (χ3v) is 9.70. The monoisotopic (exact) mass is 819 g/mol. The first-order valence-electron chi connectivity index (χ1n) is 16.8. The van der Waals surface area contributed by atoms with Gasteiger partial charge in [0.1, 0.15) is 23.1 Å². The Bertz CT molecular complexity index is 1960. The molecule has 1 saturated heterocycles. The molecule has 3 atom stereocenters. The number of hydrogen-bond acceptors (Lipinski definition) is 10. The van der Waals surface area contributed by atoms with Gasteiger partial charge in [0.25, 0.3) is 0 Å². The summed E-state index contributed by atoms with van der Waals surface area (Å²) in [6.45, 7) is 9.84. The Labute approximate surface area is 318 Å². The summed E-state index contributed by atoms with van der Waals surface area (Å²) in [6, 6.07) is 10.8. The number of nitrogens with zero attached hydrogens (tertiary/aromatic N) is 9. The predicted molar refractivity (Wildman–Crippen MR) is 196 cm³/mol. The third-order valence-electron chi connectivity index (χ3n) is 8.93. The van der Waals surface area contributed by atoms with E-state index in [0.717, 1.165) is 31.0 Å². The summed E-state index contributed by atoms with van der Waals surface area (Å²) in [5, 5.41) is 17.5. The fourth-order valence-corrected chi connectivity index (χ4v) is 7.37. The number of anilines is 1. The average molecular weight is 822 g/mol. The number of fused-ring (bicyclic) bond motifs is 2. The second-order valence-electron chi connectivity index (χ2n) is 13.3. The minimum absolute atomic E-state index is 0.0491. The number of halogens is 5. The van der Waals surface area contributed by atoms with Crippen molar-refractivity contribution in [3.63, 3.8) is 0 Å². The zero-order valence-electron chi connectivity index (χ0n) is 29.2. The van der Waals surface area contributed by atoms with E-state index < -0.39 is 11.6 Å². The van der Waals surface area contributed by atoms with Crippen LogP contribution in [0.15, 0.2) is 53.4 Å². The number of ether oxygens (including phenoxy) is 3. The molecular formula is C35H38BrCl2F2N9O3. The number of hydrogen-bond donors (Lipinski definition) is 0. The van der Waals surface area contributed by atoms with Crippen molar-refractivity contribution < 1.29 is 23.0 Å². The molecule has 0 radical (unpaired) electrons. The van der Waals surface area contributed by atoms with Crippen molar-refractivity contribution in [3.8, 4) is 29.4 Å². The predicted octanol–water partition coefficient (Wildman–Crippen LogP) is 9.15. The van der Waals surface area contributed by atoms with Gasteiger partial charge in [-0.3, -0.25) is 0 Å². The zero-order chi connectivity index (χ0) is 37.1. The molecule has 17 heteroatoms. The maximum Gasteiger partial charge on any atom is 0.321 e. The molecule has 12 nitrogen and oxygen atoms in total. The highest BCUT2D eigenvalue weighted by atomic mass is 79.9. The van der Waals surface area contributed by atoms with Gasteiger partial charge in [-0.1, -0.05) is 23.2 Å². The van der Waals surface area contributed by atoms with Gasteiger partial charge in [-0.15, -0.1) is 10.2 Å². The summed E-state index contributed by atoms with van der Waals surface area (Å²) < 4.78 is 47.3. The van der Waals surface area contributed by atoms with Gasteiger partial charge in [0.15, 0.2) is 5.82 Å². The molecule has 1 aliphatic heterocycles. The number of aromatic nitrogens is 8. The number of benzene rings is 2. The van der Waals surface area contributed by atoms with E-state index in [1.807, 2.05) is 33.8 Å². The van der Waals surface area contributed by atoms with Crippen LogP contribution in [0.3, 0.4) is 0 Å². The molecule has 3 aromatic heterocycles. The van der Waals surface area contributed by atoms with Gasteiger partial charge in [0.2, 0.25) is 10.6 Å². The summed E-state index contributed by atoms with van der Waals surface area (Å²) in [7, 11) is 1.61. The fraction of sp³-hybridized carbons (Fsp3) is 0.429. The number of methoxy groups -OCH3 is 1. The molecule has 2 aliphatic rings. The molecule has 2 aromatic carbocycles. The summed E-state index contributed by atoms with van der Waals surface area (Å²) in [5.41, 5.74) is 1.05. The second kappa shape index (κ2) is 16.3. The molecule has 1 unspecified atom stereocenters. The lowest BCUT2D eigenvalue weighted by molar-refractivity contribution is 0.265. The smallest absolute Gasteiger partial charge is 0.321 e. The van der Waals surface area contributed by atoms with Crippen molar-refractivity contribution in [2.75, 3.05) is 25.1 Å². The van der Waals surface area contributed by atoms with Crippen LogP contribution in [0.2, 0.25) is 10.0 Å². The van der Waals surface area contributed by atoms with Crippen LogP contribution >= 0.6 is 39.1 Å². The van der Waals surface area contributed by atoms with E-state index in [9.17, 15) is 8.78 Å². The topological polar surface area (TPSA) is 118 Å². The van der Waals surface area contributed by atoms with E-state index in [-0.39, 0.29) is 33.9 Å². The Morgan fingerprint density at radius 2 is 1.37 bits per heavy atom. The molecule has 4 heterocycles. The maximum atomic E-state index is 13.8. The van der Waals surface area contributed by atoms with Crippen molar-refractivity contribution in [1.82, 2.24) is 39.7 Å². The van der Waals surface area contributed by atoms with Crippen LogP contribution in [-0.2, 0) is 6.42 Å². The molecule has 0 N–H and O–H groups in total. The zero-order valence-corrected chi connectivity index (χ0v) is 32.3. The molecular weight excluding hydrogens is 783 g/mol. The van der Waals surface area contributed by atoms with Gasteiger partial charge in [-0.2, -0.15) is 20.2 Å². The highest BCUT2D eigenvalue weighted by Gasteiger charge is 2.42. The second-order valence-corrected chi connectivity index (χ2v) is 14.9. The van der Waals surface area contributed by atoms with E-state index >= 15 is 0 Å². The van der Waals surface area contributed by atoms with Crippen molar-refractivity contribution in [2.45, 2.75) is 59.0 Å². The SMILES string of the molecule is CC(C)n1nc(Br)nc1Oc1cc(F)cc(Cl)c1.COc1cc(N2C[C@H]3CC[C@@H](C2)C3Cc2nc(Oc3cc(F)cc(Cl)c3)n(C(C)C)n2)cnn1. The lowest BCUT2D eigenvalue weighted by atomic mass is 9.82. The largest absolute Gasteiger partial charge is 0.480 e. The standard InChI is InChI=1S/C24H28ClFN6O2.C11H10BrClFN3O/c1-14(2)32-24(34-20-7-17(25)6-18(26)8-20)28-22(30-32)10-21-15-4-5-16(21)13-31(12-15)19-9-23(33-3)29-27-11-19;1-6(2)17-11(15-10(12)16-17)18-9-4-7(13)3-8(14)5-9/h6-9,11,14-16,21H,4-5,10,12-13H2,1-3H3;3-6H,1-2H3/t15-,16+,21?;. The van der Waals surface area contributed by atoms with E-state index in [1.54, 1.807) is 28.7 Å². The minimum Gasteiger partial charge on any atom is -0.480 e. The molecule has 7 rings (SSSR count). The van der Waals surface area contributed by atoms with Crippen LogP contribution in [0, 0.1) is 29.4 Å². The molecule has 5 aromatic rings.